The van der Waals surface area contributed by atoms with E-state index in [2.05, 4.69) is 51.4 Å². The van der Waals surface area contributed by atoms with Gasteiger partial charge < -0.3 is 14.8 Å². The van der Waals surface area contributed by atoms with Gasteiger partial charge >= 0.3 is 0 Å². The number of nitrogen functional groups attached to an aromatic ring is 1. The number of hydrogen-bond donors (Lipinski definition) is 2. The molecule has 0 bridgehead atoms. The van der Waals surface area contributed by atoms with Crippen LogP contribution < -0.4 is 10.5 Å². The summed E-state index contributed by atoms with van der Waals surface area (Å²) in [5.41, 5.74) is 6.63. The van der Waals surface area contributed by atoms with Crippen LogP contribution in [-0.2, 0) is 10.0 Å². The van der Waals surface area contributed by atoms with Crippen LogP contribution in [0.25, 0.3) is 0 Å². The van der Waals surface area contributed by atoms with Gasteiger partial charge in [0.25, 0.3) is 15.9 Å². The first kappa shape index (κ1) is 19.0. The van der Waals surface area contributed by atoms with E-state index in [1.807, 2.05) is 6.92 Å². The van der Waals surface area contributed by atoms with Gasteiger partial charge in [-0.1, -0.05) is 16.4 Å². The number of rotatable bonds is 3. The molecule has 0 amide bonds. The molecule has 0 aliphatic rings. The third kappa shape index (κ3) is 4.37. The van der Waals surface area contributed by atoms with Crippen molar-refractivity contribution in [2.24, 2.45) is 0 Å². The molecule has 12 heteroatoms. The molecule has 3 N–H and O–H groups in total. The van der Waals surface area contributed by atoms with Gasteiger partial charge in [-0.2, -0.15) is 0 Å². The van der Waals surface area contributed by atoms with Crippen LogP contribution in [0.4, 0.5) is 11.8 Å². The van der Waals surface area contributed by atoms with Crippen molar-refractivity contribution >= 4 is 65.0 Å². The van der Waals surface area contributed by atoms with Gasteiger partial charge in [-0.05, 0) is 57.2 Å². The Labute approximate surface area is 158 Å². The molecule has 0 saturated carbocycles. The number of aryl methyl sites for hydroxylation is 2. The molecule has 0 unspecified atom stereocenters. The minimum atomic E-state index is -3.57. The van der Waals surface area contributed by atoms with Crippen molar-refractivity contribution in [1.82, 2.24) is 10.3 Å². The fourth-order valence-electron chi connectivity index (χ4n) is 1.39. The maximum atomic E-state index is 11.8. The average molecular weight is 500 g/mol. The van der Waals surface area contributed by atoms with Gasteiger partial charge in [-0.25, -0.2) is 13.1 Å². The van der Waals surface area contributed by atoms with E-state index in [1.165, 1.54) is 6.07 Å². The fourth-order valence-corrected chi connectivity index (χ4v) is 3.90. The Bertz CT molecular complexity index is 900. The Morgan fingerprint density at radius 1 is 1.17 bits per heavy atom. The number of anilines is 2. The van der Waals surface area contributed by atoms with Gasteiger partial charge in [-0.15, -0.1) is 11.3 Å². The molecule has 8 nitrogen and oxygen atoms in total. The fraction of sp³-hybridized carbons (Fsp3) is 0.167. The monoisotopic (exact) mass is 498 g/mol. The first-order valence-corrected chi connectivity index (χ1v) is 10.2. The van der Waals surface area contributed by atoms with Crippen molar-refractivity contribution in [3.8, 4) is 0 Å². The molecule has 0 aliphatic carbocycles. The molecular weight excluding hydrogens is 488 g/mol. The second kappa shape index (κ2) is 7.68. The van der Waals surface area contributed by atoms with Gasteiger partial charge in [0.05, 0.1) is 11.4 Å². The topological polar surface area (TPSA) is 124 Å². The predicted octanol–water partition coefficient (Wildman–Crippen LogP) is 3.94. The summed E-state index contributed by atoms with van der Waals surface area (Å²) in [5, 5.41) is 8.89. The normalized spacial score (nSPS) is 11.0. The number of halogens is 2. The lowest BCUT2D eigenvalue weighted by Crippen LogP contribution is -2.11. The number of sulfonamides is 1. The molecule has 3 aromatic heterocycles. The van der Waals surface area contributed by atoms with E-state index in [-0.39, 0.29) is 10.1 Å². The van der Waals surface area contributed by atoms with Crippen molar-refractivity contribution in [3.05, 3.63) is 37.8 Å². The highest BCUT2D eigenvalue weighted by molar-refractivity contribution is 9.11. The largest absolute Gasteiger partial charge is 0.367 e. The lowest BCUT2D eigenvalue weighted by Gasteiger charge is -2.01. The first-order chi connectivity index (χ1) is 11.2. The third-order valence-corrected chi connectivity index (χ3v) is 7.22. The lowest BCUT2D eigenvalue weighted by molar-refractivity contribution is 0.430. The zero-order chi connectivity index (χ0) is 17.9. The average Bonchev–Trinajstić information content (AvgIpc) is 3.24. The summed E-state index contributed by atoms with van der Waals surface area (Å²) in [6.45, 7) is 3.51. The summed E-state index contributed by atoms with van der Waals surface area (Å²) in [7, 11) is -3.57. The van der Waals surface area contributed by atoms with E-state index in [1.54, 1.807) is 18.4 Å². The van der Waals surface area contributed by atoms with Crippen LogP contribution in [0, 0.1) is 13.8 Å². The van der Waals surface area contributed by atoms with Crippen molar-refractivity contribution in [2.75, 3.05) is 10.5 Å². The molecule has 0 atom stereocenters. The molecule has 3 rings (SSSR count). The second-order valence-corrected chi connectivity index (χ2v) is 8.84. The Hall–Kier alpha value is -1.37. The van der Waals surface area contributed by atoms with Crippen molar-refractivity contribution < 1.29 is 17.5 Å². The van der Waals surface area contributed by atoms with Crippen molar-refractivity contribution in [1.29, 1.82) is 0 Å². The van der Waals surface area contributed by atoms with E-state index >= 15 is 0 Å². The highest BCUT2D eigenvalue weighted by atomic mass is 79.9. The molecule has 0 saturated heterocycles. The standard InChI is InChI=1S/C8H7BrN2O3S2.C4H5BrN2O/c1-5-7(9)8(14-10-5)11-16(12,13)6-3-2-4-15-6;1-2-3(5)4(6)8-7-2/h2-4,11H,1H3;6H2,1H3. The number of nitrogens with zero attached hydrogens (tertiary/aromatic N) is 2. The molecular formula is C12H12Br2N4O4S2. The van der Waals surface area contributed by atoms with E-state index in [0.29, 0.717) is 16.1 Å². The van der Waals surface area contributed by atoms with Gasteiger partial charge in [0, 0.05) is 0 Å². The summed E-state index contributed by atoms with van der Waals surface area (Å²) < 4.78 is 36.9. The second-order valence-electron chi connectivity index (χ2n) is 4.39. The predicted molar refractivity (Wildman–Crippen MR) is 97.4 cm³/mol. The summed E-state index contributed by atoms with van der Waals surface area (Å²) in [6, 6.07) is 3.18. The zero-order valence-electron chi connectivity index (χ0n) is 12.4. The highest BCUT2D eigenvalue weighted by Gasteiger charge is 2.20. The summed E-state index contributed by atoms with van der Waals surface area (Å²) >= 11 is 7.49. The van der Waals surface area contributed by atoms with Gasteiger partial charge in [-0.3, -0.25) is 0 Å². The Morgan fingerprint density at radius 3 is 2.17 bits per heavy atom. The third-order valence-electron chi connectivity index (χ3n) is 2.59. The van der Waals surface area contributed by atoms with Crippen LogP contribution in [0.1, 0.15) is 11.4 Å². The summed E-state index contributed by atoms with van der Waals surface area (Å²) in [6.07, 6.45) is 0. The van der Waals surface area contributed by atoms with E-state index in [4.69, 9.17) is 10.3 Å². The number of hydrogen-bond acceptors (Lipinski definition) is 8. The van der Waals surface area contributed by atoms with E-state index in [9.17, 15) is 8.42 Å². The number of nitrogens with two attached hydrogens (primary N) is 1. The van der Waals surface area contributed by atoms with Crippen molar-refractivity contribution in [3.63, 3.8) is 0 Å². The summed E-state index contributed by atoms with van der Waals surface area (Å²) in [4.78, 5) is 0. The van der Waals surface area contributed by atoms with Crippen LogP contribution in [0.3, 0.4) is 0 Å². The minimum absolute atomic E-state index is 0.0888. The molecule has 3 aromatic rings. The Morgan fingerprint density at radius 2 is 1.79 bits per heavy atom. The van der Waals surface area contributed by atoms with Gasteiger partial charge in [0.1, 0.15) is 13.2 Å². The van der Waals surface area contributed by atoms with E-state index in [0.717, 1.165) is 21.5 Å². The quantitative estimate of drug-likeness (QED) is 0.559. The number of thiophene rings is 1. The molecule has 0 radical (unpaired) electrons. The maximum absolute atomic E-state index is 11.8. The molecule has 0 aliphatic heterocycles. The van der Waals surface area contributed by atoms with Crippen LogP contribution >= 0.6 is 43.2 Å². The van der Waals surface area contributed by atoms with E-state index < -0.39 is 10.0 Å². The maximum Gasteiger partial charge on any atom is 0.273 e. The van der Waals surface area contributed by atoms with Crippen LogP contribution in [0.15, 0.2) is 39.7 Å². The van der Waals surface area contributed by atoms with Crippen molar-refractivity contribution in [2.45, 2.75) is 18.1 Å². The minimum Gasteiger partial charge on any atom is -0.367 e. The molecule has 130 valence electrons. The first-order valence-electron chi connectivity index (χ1n) is 6.27. The smallest absolute Gasteiger partial charge is 0.273 e. The zero-order valence-corrected chi connectivity index (χ0v) is 17.2. The molecule has 3 heterocycles. The van der Waals surface area contributed by atoms with Crippen LogP contribution in [0.2, 0.25) is 0 Å². The summed E-state index contributed by atoms with van der Waals surface area (Å²) in [5.74, 6) is 0.424. The lowest BCUT2D eigenvalue weighted by atomic mass is 10.5. The highest BCUT2D eigenvalue weighted by Crippen LogP contribution is 2.28. The van der Waals surface area contributed by atoms with Gasteiger partial charge in [0.15, 0.2) is 0 Å². The Balaban J connectivity index is 0.000000219. The van der Waals surface area contributed by atoms with Gasteiger partial charge in [0.2, 0.25) is 5.88 Å². The molecule has 0 spiro atoms. The molecule has 0 aromatic carbocycles. The number of nitrogens with one attached hydrogen (secondary N) is 1. The van der Waals surface area contributed by atoms with Crippen LogP contribution in [-0.4, -0.2) is 18.7 Å². The number of aromatic nitrogens is 2. The molecule has 24 heavy (non-hydrogen) atoms. The van der Waals surface area contributed by atoms with Crippen LogP contribution in [0.5, 0.6) is 0 Å². The SMILES string of the molecule is Cc1noc(N)c1Br.Cc1noc(NS(=O)(=O)c2cccs2)c1Br. The Kier molecular flexibility index (Phi) is 6.06. The molecule has 0 fully saturated rings.